The van der Waals surface area contributed by atoms with Crippen molar-refractivity contribution >= 4 is 5.97 Å². The molecule has 0 bridgehead atoms. The molecule has 0 amide bonds. The van der Waals surface area contributed by atoms with Crippen LogP contribution in [0.15, 0.2) is 29.9 Å². The highest BCUT2D eigenvalue weighted by molar-refractivity contribution is 5.94. The number of phenolic OH excluding ortho intramolecular Hbond substituents is 1. The number of hydrogen-bond donors (Lipinski definition) is 3. The van der Waals surface area contributed by atoms with Gasteiger partial charge in [-0.2, -0.15) is 0 Å². The molecule has 4 nitrogen and oxygen atoms in total. The van der Waals surface area contributed by atoms with Gasteiger partial charge in [0.15, 0.2) is 0 Å². The van der Waals surface area contributed by atoms with Crippen LogP contribution in [0.4, 0.5) is 0 Å². The van der Waals surface area contributed by atoms with Crippen LogP contribution in [0.5, 0.6) is 11.5 Å². The molecule has 136 valence electrons. The largest absolute Gasteiger partial charge is 0.507 e. The Morgan fingerprint density at radius 3 is 2.56 bits per heavy atom. The summed E-state index contributed by atoms with van der Waals surface area (Å²) in [5, 5.41) is 30.9. The molecule has 1 aliphatic rings. The van der Waals surface area contributed by atoms with Crippen LogP contribution in [-0.2, 0) is 6.42 Å². The maximum atomic E-state index is 11.8. The van der Waals surface area contributed by atoms with Gasteiger partial charge in [-0.3, -0.25) is 0 Å². The molecule has 1 aliphatic carbocycles. The molecule has 2 rings (SSSR count). The van der Waals surface area contributed by atoms with E-state index in [9.17, 15) is 20.1 Å². The van der Waals surface area contributed by atoms with Gasteiger partial charge in [-0.15, -0.1) is 0 Å². The van der Waals surface area contributed by atoms with Crippen molar-refractivity contribution < 1.29 is 20.1 Å². The van der Waals surface area contributed by atoms with Crippen LogP contribution in [0.2, 0.25) is 0 Å². The van der Waals surface area contributed by atoms with Gasteiger partial charge in [0.05, 0.1) is 0 Å². The highest BCUT2D eigenvalue weighted by Crippen LogP contribution is 2.49. The van der Waals surface area contributed by atoms with Gasteiger partial charge in [-0.05, 0) is 50.7 Å². The number of carbonyl (C=O) groups is 1. The van der Waals surface area contributed by atoms with Crippen molar-refractivity contribution in [1.29, 1.82) is 0 Å². The van der Waals surface area contributed by atoms with Gasteiger partial charge in [0.25, 0.3) is 0 Å². The third kappa shape index (κ3) is 3.89. The zero-order chi connectivity index (χ0) is 18.7. The van der Waals surface area contributed by atoms with E-state index in [4.69, 9.17) is 0 Å². The average molecular weight is 344 g/mol. The number of unbranched alkanes of at least 4 members (excludes halogenated alkanes) is 2. The molecule has 0 unspecified atom stereocenters. The summed E-state index contributed by atoms with van der Waals surface area (Å²) in [6.07, 6.45) is 6.15. The van der Waals surface area contributed by atoms with Crippen molar-refractivity contribution in [3.05, 3.63) is 46.6 Å². The number of carboxylic acid groups (broad SMARTS) is 1. The van der Waals surface area contributed by atoms with Gasteiger partial charge in [-0.1, -0.05) is 43.6 Å². The van der Waals surface area contributed by atoms with E-state index in [0.29, 0.717) is 17.5 Å². The Hall–Kier alpha value is -2.23. The number of benzene rings is 1. The van der Waals surface area contributed by atoms with Crippen molar-refractivity contribution in [3.8, 4) is 11.5 Å². The second-order valence-electron chi connectivity index (χ2n) is 7.15. The number of aromatic carboxylic acids is 1. The van der Waals surface area contributed by atoms with Crippen LogP contribution in [0.3, 0.4) is 0 Å². The summed E-state index contributed by atoms with van der Waals surface area (Å²) in [7, 11) is 0. The molecule has 0 heterocycles. The lowest BCUT2D eigenvalue weighted by atomic mass is 9.82. The van der Waals surface area contributed by atoms with Gasteiger partial charge in [0.1, 0.15) is 17.1 Å². The first-order valence-corrected chi connectivity index (χ1v) is 8.91. The van der Waals surface area contributed by atoms with E-state index in [2.05, 4.69) is 13.5 Å². The smallest absolute Gasteiger partial charge is 0.339 e. The summed E-state index contributed by atoms with van der Waals surface area (Å²) in [6.45, 7) is 10.0. The molecule has 0 spiro atoms. The summed E-state index contributed by atoms with van der Waals surface area (Å²) in [4.78, 5) is 11.8. The van der Waals surface area contributed by atoms with Crippen LogP contribution in [-0.4, -0.2) is 21.3 Å². The lowest BCUT2D eigenvalue weighted by Gasteiger charge is -2.23. The van der Waals surface area contributed by atoms with E-state index in [1.165, 1.54) is 6.07 Å². The minimum absolute atomic E-state index is 0.0313. The molecule has 0 radical (unpaired) electrons. The van der Waals surface area contributed by atoms with E-state index >= 15 is 0 Å². The Morgan fingerprint density at radius 1 is 1.32 bits per heavy atom. The topological polar surface area (TPSA) is 77.8 Å². The standard InChI is InChI=1S/C21H28O4/c1-5-6-7-8-14-11-17(22)19(20(23)18(14)21(24)25)16-10-13(4)9-15(16)12(2)3/h10-11,15-16,22-23H,2,5-9H2,1,3-4H3,(H,24,25)/t15-,16+/m0/s1. The Kier molecular flexibility index (Phi) is 5.93. The van der Waals surface area contributed by atoms with Crippen LogP contribution >= 0.6 is 0 Å². The maximum Gasteiger partial charge on any atom is 0.339 e. The first-order valence-electron chi connectivity index (χ1n) is 8.91. The number of phenols is 2. The summed E-state index contributed by atoms with van der Waals surface area (Å²) >= 11 is 0. The first kappa shape index (κ1) is 19.1. The van der Waals surface area contributed by atoms with Crippen LogP contribution in [0, 0.1) is 5.92 Å². The summed E-state index contributed by atoms with van der Waals surface area (Å²) in [6, 6.07) is 1.52. The molecule has 3 N–H and O–H groups in total. The number of aromatic hydroxyl groups is 2. The quantitative estimate of drug-likeness (QED) is 0.472. The van der Waals surface area contributed by atoms with Crippen LogP contribution in [0.25, 0.3) is 0 Å². The lowest BCUT2D eigenvalue weighted by molar-refractivity contribution is 0.0692. The summed E-state index contributed by atoms with van der Waals surface area (Å²) in [5.74, 6) is -1.68. The van der Waals surface area contributed by atoms with Crippen molar-refractivity contribution in [1.82, 2.24) is 0 Å². The van der Waals surface area contributed by atoms with Gasteiger partial charge < -0.3 is 15.3 Å². The molecule has 0 aromatic heterocycles. The minimum Gasteiger partial charge on any atom is -0.507 e. The Bertz CT molecular complexity index is 715. The first-order chi connectivity index (χ1) is 11.8. The molecular formula is C21H28O4. The van der Waals surface area contributed by atoms with Crippen LogP contribution in [0.1, 0.15) is 73.9 Å². The van der Waals surface area contributed by atoms with Gasteiger partial charge in [0, 0.05) is 11.5 Å². The summed E-state index contributed by atoms with van der Waals surface area (Å²) in [5.41, 5.74) is 2.83. The molecular weight excluding hydrogens is 316 g/mol. The third-order valence-corrected chi connectivity index (χ3v) is 5.07. The number of rotatable bonds is 7. The van der Waals surface area contributed by atoms with E-state index in [-0.39, 0.29) is 28.9 Å². The number of aryl methyl sites for hydroxylation is 1. The van der Waals surface area contributed by atoms with Crippen molar-refractivity contribution in [3.63, 3.8) is 0 Å². The highest BCUT2D eigenvalue weighted by atomic mass is 16.4. The molecule has 0 saturated heterocycles. The number of allylic oxidation sites excluding steroid dienone is 3. The molecule has 0 aliphatic heterocycles. The van der Waals surface area contributed by atoms with Gasteiger partial charge in [-0.25, -0.2) is 4.79 Å². The average Bonchev–Trinajstić information content (AvgIpc) is 2.88. The lowest BCUT2D eigenvalue weighted by Crippen LogP contribution is -2.11. The number of hydrogen-bond acceptors (Lipinski definition) is 3. The fraction of sp³-hybridized carbons (Fsp3) is 0.476. The van der Waals surface area contributed by atoms with Crippen LogP contribution < -0.4 is 0 Å². The number of carboxylic acids is 1. The molecule has 0 saturated carbocycles. The molecule has 2 atom stereocenters. The normalized spacial score (nSPS) is 19.7. The van der Waals surface area contributed by atoms with E-state index in [0.717, 1.165) is 36.8 Å². The Labute approximate surface area is 149 Å². The molecule has 0 fully saturated rings. The maximum absolute atomic E-state index is 11.8. The van der Waals surface area contributed by atoms with E-state index in [1.807, 2.05) is 19.9 Å². The van der Waals surface area contributed by atoms with E-state index in [1.54, 1.807) is 0 Å². The Morgan fingerprint density at radius 2 is 2.00 bits per heavy atom. The van der Waals surface area contributed by atoms with Gasteiger partial charge in [0.2, 0.25) is 0 Å². The fourth-order valence-corrected chi connectivity index (χ4v) is 3.78. The summed E-state index contributed by atoms with van der Waals surface area (Å²) < 4.78 is 0. The SMILES string of the molecule is C=C(C)[C@@H]1CC(C)=C[C@H]1c1c(O)cc(CCCCC)c(C(=O)O)c1O. The second-order valence-corrected chi connectivity index (χ2v) is 7.15. The highest BCUT2D eigenvalue weighted by Gasteiger charge is 2.34. The fourth-order valence-electron chi connectivity index (χ4n) is 3.78. The molecule has 1 aromatic rings. The molecule has 1 aromatic carbocycles. The zero-order valence-electron chi connectivity index (χ0n) is 15.3. The zero-order valence-corrected chi connectivity index (χ0v) is 15.3. The Balaban J connectivity index is 2.54. The van der Waals surface area contributed by atoms with Crippen molar-refractivity contribution in [2.24, 2.45) is 5.92 Å². The third-order valence-electron chi connectivity index (χ3n) is 5.07. The van der Waals surface area contributed by atoms with E-state index < -0.39 is 5.97 Å². The predicted molar refractivity (Wildman–Crippen MR) is 99.4 cm³/mol. The van der Waals surface area contributed by atoms with Crippen molar-refractivity contribution in [2.45, 2.75) is 58.8 Å². The minimum atomic E-state index is -1.16. The monoisotopic (exact) mass is 344 g/mol. The molecule has 25 heavy (non-hydrogen) atoms. The van der Waals surface area contributed by atoms with Crippen molar-refractivity contribution in [2.75, 3.05) is 0 Å². The van der Waals surface area contributed by atoms with Gasteiger partial charge >= 0.3 is 5.97 Å². The second kappa shape index (κ2) is 7.77. The molecule has 4 heteroatoms. The predicted octanol–water partition coefficient (Wildman–Crippen LogP) is 5.15.